The van der Waals surface area contributed by atoms with Crippen LogP contribution in [-0.2, 0) is 0 Å². The zero-order valence-corrected chi connectivity index (χ0v) is 11.1. The van der Waals surface area contributed by atoms with E-state index in [2.05, 4.69) is 36.1 Å². The Morgan fingerprint density at radius 2 is 2.19 bits per heavy atom. The van der Waals surface area contributed by atoms with Crippen LogP contribution in [0, 0.1) is 0 Å². The number of hydrogen-bond donors (Lipinski definition) is 1. The maximum atomic E-state index is 5.37. The van der Waals surface area contributed by atoms with Crippen LogP contribution in [0.3, 0.4) is 0 Å². The van der Waals surface area contributed by atoms with E-state index in [0.29, 0.717) is 5.25 Å². The van der Waals surface area contributed by atoms with Crippen molar-refractivity contribution in [3.05, 3.63) is 6.33 Å². The zero-order valence-electron chi connectivity index (χ0n) is 10.3. The molecular formula is C11H19N3OS. The molecule has 0 saturated carbocycles. The van der Waals surface area contributed by atoms with E-state index in [9.17, 15) is 0 Å². The summed E-state index contributed by atoms with van der Waals surface area (Å²) in [5.74, 6) is 1.53. The summed E-state index contributed by atoms with van der Waals surface area (Å²) >= 11 is 1.68. The monoisotopic (exact) mass is 241 g/mol. The van der Waals surface area contributed by atoms with Crippen LogP contribution in [0.15, 0.2) is 11.4 Å². The second kappa shape index (κ2) is 6.58. The predicted octanol–water partition coefficient (Wildman–Crippen LogP) is 2.81. The largest absolute Gasteiger partial charge is 0.490 e. The van der Waals surface area contributed by atoms with Gasteiger partial charge in [-0.15, -0.1) is 0 Å². The first-order chi connectivity index (χ1) is 7.69. The Bertz CT molecular complexity index is 331. The van der Waals surface area contributed by atoms with E-state index in [-0.39, 0.29) is 0 Å². The molecule has 1 aromatic heterocycles. The molecule has 0 radical (unpaired) electrons. The first kappa shape index (κ1) is 13.1. The average Bonchev–Trinajstić information content (AvgIpc) is 2.25. The average molecular weight is 241 g/mol. The standard InChI is InChI=1S/C11H19N3OS/c1-5-6-12-10-9(15-4)11(14-7-13-10)16-8(2)3/h7-8H,5-6H2,1-4H3,(H,12,13,14). The molecule has 1 aromatic rings. The highest BCUT2D eigenvalue weighted by Crippen LogP contribution is 2.34. The number of methoxy groups -OCH3 is 1. The van der Waals surface area contributed by atoms with Crippen LogP contribution in [0.2, 0.25) is 0 Å². The first-order valence-electron chi connectivity index (χ1n) is 5.48. The van der Waals surface area contributed by atoms with Crippen molar-refractivity contribution in [1.82, 2.24) is 9.97 Å². The smallest absolute Gasteiger partial charge is 0.193 e. The molecule has 16 heavy (non-hydrogen) atoms. The van der Waals surface area contributed by atoms with Crippen LogP contribution in [0.1, 0.15) is 27.2 Å². The lowest BCUT2D eigenvalue weighted by Gasteiger charge is -2.13. The van der Waals surface area contributed by atoms with Crippen molar-refractivity contribution >= 4 is 17.6 Å². The third kappa shape index (κ3) is 3.56. The van der Waals surface area contributed by atoms with Gasteiger partial charge in [-0.2, -0.15) is 0 Å². The Balaban J connectivity index is 2.91. The minimum Gasteiger partial charge on any atom is -0.490 e. The highest BCUT2D eigenvalue weighted by Gasteiger charge is 2.13. The van der Waals surface area contributed by atoms with Gasteiger partial charge in [0, 0.05) is 11.8 Å². The van der Waals surface area contributed by atoms with Crippen molar-refractivity contribution in [2.24, 2.45) is 0 Å². The number of nitrogens with zero attached hydrogens (tertiary/aromatic N) is 2. The summed E-state index contributed by atoms with van der Waals surface area (Å²) in [7, 11) is 1.65. The van der Waals surface area contributed by atoms with Gasteiger partial charge >= 0.3 is 0 Å². The van der Waals surface area contributed by atoms with E-state index in [4.69, 9.17) is 4.74 Å². The molecular weight excluding hydrogens is 222 g/mol. The van der Waals surface area contributed by atoms with E-state index in [1.54, 1.807) is 25.2 Å². The first-order valence-corrected chi connectivity index (χ1v) is 6.36. The fourth-order valence-corrected chi connectivity index (χ4v) is 2.06. The molecule has 4 nitrogen and oxygen atoms in total. The second-order valence-electron chi connectivity index (χ2n) is 3.65. The van der Waals surface area contributed by atoms with Crippen molar-refractivity contribution in [3.8, 4) is 5.75 Å². The quantitative estimate of drug-likeness (QED) is 0.613. The van der Waals surface area contributed by atoms with E-state index in [1.807, 2.05) is 0 Å². The number of thioether (sulfide) groups is 1. The molecule has 0 aliphatic heterocycles. The lowest BCUT2D eigenvalue weighted by molar-refractivity contribution is 0.400. The van der Waals surface area contributed by atoms with E-state index in [0.717, 1.165) is 29.6 Å². The number of anilines is 1. The number of hydrogen-bond acceptors (Lipinski definition) is 5. The summed E-state index contributed by atoms with van der Waals surface area (Å²) in [6, 6.07) is 0. The highest BCUT2D eigenvalue weighted by molar-refractivity contribution is 7.99. The minimum absolute atomic E-state index is 0.475. The molecule has 1 rings (SSSR count). The summed E-state index contributed by atoms with van der Waals surface area (Å²) in [4.78, 5) is 8.44. The van der Waals surface area contributed by atoms with Crippen molar-refractivity contribution in [2.75, 3.05) is 19.0 Å². The highest BCUT2D eigenvalue weighted by atomic mass is 32.2. The van der Waals surface area contributed by atoms with Gasteiger partial charge < -0.3 is 10.1 Å². The summed E-state index contributed by atoms with van der Waals surface area (Å²) in [5.41, 5.74) is 0. The third-order valence-corrected chi connectivity index (χ3v) is 2.85. The molecule has 0 aliphatic carbocycles. The van der Waals surface area contributed by atoms with Crippen LogP contribution in [-0.4, -0.2) is 28.9 Å². The second-order valence-corrected chi connectivity index (χ2v) is 5.22. The molecule has 1 heterocycles. The minimum atomic E-state index is 0.475. The molecule has 0 amide bonds. The molecule has 0 aromatic carbocycles. The lowest BCUT2D eigenvalue weighted by atomic mass is 10.4. The summed E-state index contributed by atoms with van der Waals surface area (Å²) in [5, 5.41) is 4.61. The molecule has 1 N–H and O–H groups in total. The molecule has 0 saturated heterocycles. The van der Waals surface area contributed by atoms with Crippen LogP contribution in [0.4, 0.5) is 5.82 Å². The Morgan fingerprint density at radius 3 is 2.75 bits per heavy atom. The summed E-state index contributed by atoms with van der Waals surface area (Å²) in [6.45, 7) is 7.26. The van der Waals surface area contributed by atoms with E-state index >= 15 is 0 Å². The Kier molecular flexibility index (Phi) is 5.38. The molecule has 0 unspecified atom stereocenters. The Hall–Kier alpha value is -0.970. The van der Waals surface area contributed by atoms with Gasteiger partial charge in [0.15, 0.2) is 11.6 Å². The maximum Gasteiger partial charge on any atom is 0.193 e. The Labute approximate surface area is 101 Å². The predicted molar refractivity (Wildman–Crippen MR) is 68.4 cm³/mol. The van der Waals surface area contributed by atoms with Crippen molar-refractivity contribution < 1.29 is 4.74 Å². The molecule has 90 valence electrons. The van der Waals surface area contributed by atoms with Gasteiger partial charge in [0.1, 0.15) is 11.4 Å². The van der Waals surface area contributed by atoms with E-state index in [1.165, 1.54) is 0 Å². The Morgan fingerprint density at radius 1 is 1.44 bits per heavy atom. The van der Waals surface area contributed by atoms with Gasteiger partial charge in [-0.3, -0.25) is 0 Å². The molecule has 0 atom stereocenters. The van der Waals surface area contributed by atoms with Gasteiger partial charge in [-0.25, -0.2) is 9.97 Å². The van der Waals surface area contributed by atoms with Crippen molar-refractivity contribution in [2.45, 2.75) is 37.5 Å². The third-order valence-electron chi connectivity index (χ3n) is 1.87. The number of nitrogens with one attached hydrogen (secondary N) is 1. The van der Waals surface area contributed by atoms with Gasteiger partial charge in [0.05, 0.1) is 7.11 Å². The van der Waals surface area contributed by atoms with Crippen LogP contribution in [0.25, 0.3) is 0 Å². The van der Waals surface area contributed by atoms with Crippen LogP contribution in [0.5, 0.6) is 5.75 Å². The molecule has 0 aliphatic rings. The van der Waals surface area contributed by atoms with Crippen molar-refractivity contribution in [3.63, 3.8) is 0 Å². The van der Waals surface area contributed by atoms with Crippen LogP contribution >= 0.6 is 11.8 Å². The van der Waals surface area contributed by atoms with Crippen molar-refractivity contribution in [1.29, 1.82) is 0 Å². The number of aromatic nitrogens is 2. The zero-order chi connectivity index (χ0) is 12.0. The maximum absolute atomic E-state index is 5.37. The number of rotatable bonds is 6. The van der Waals surface area contributed by atoms with Gasteiger partial charge in [-0.1, -0.05) is 32.5 Å². The molecule has 0 bridgehead atoms. The normalized spacial score (nSPS) is 10.6. The summed E-state index contributed by atoms with van der Waals surface area (Å²) in [6.07, 6.45) is 2.63. The molecule has 0 spiro atoms. The van der Waals surface area contributed by atoms with Crippen LogP contribution < -0.4 is 10.1 Å². The number of ether oxygens (including phenoxy) is 1. The van der Waals surface area contributed by atoms with Gasteiger partial charge in [-0.05, 0) is 6.42 Å². The molecule has 0 fully saturated rings. The van der Waals surface area contributed by atoms with Gasteiger partial charge in [0.2, 0.25) is 0 Å². The fraction of sp³-hybridized carbons (Fsp3) is 0.636. The van der Waals surface area contributed by atoms with Gasteiger partial charge in [0.25, 0.3) is 0 Å². The summed E-state index contributed by atoms with van der Waals surface area (Å²) < 4.78 is 5.37. The lowest BCUT2D eigenvalue weighted by Crippen LogP contribution is -2.06. The fourth-order valence-electron chi connectivity index (χ4n) is 1.22. The SMILES string of the molecule is CCCNc1ncnc(SC(C)C)c1OC. The topological polar surface area (TPSA) is 47.0 Å². The molecule has 5 heteroatoms. The van der Waals surface area contributed by atoms with E-state index < -0.39 is 0 Å².